The molecule has 0 radical (unpaired) electrons. The molecule has 0 spiro atoms. The number of hydrogen-bond acceptors (Lipinski definition) is 18. The molecule has 0 aliphatic carbocycles. The Kier molecular flexibility index (Phi) is 18.6. The second-order valence-electron chi connectivity index (χ2n) is 23.2. The lowest BCUT2D eigenvalue weighted by Crippen LogP contribution is -2.96. The third-order valence-electron chi connectivity index (χ3n) is 18.2. The molecule has 0 amide bonds. The standard InChI is InChI=1S/C75H63N3O17/c76-78-77-46-47-93-68-73(90,62(84)52-36-18-5-19-37-52)75(92,71(88,60(82)50-32-14-3-15-33-50)66(95-68)64(86)69(54-40-22-7-23-41-54,55-42-24-8-25-43-55)56-44-26-9-27-45-56)67-72(89,61(83)51-34-16-4-17-35-51)74(91,63(85)53-38-20-6-21-39-53)70(87,59(81)49-30-12-2-13-31-49)65(94-67)58(80)57(79)48-28-10-1-11-29-48/h1-45,58,64-68,80,86-92H,46-47H2/t58?,64?,65-,66-,67-,68+,70-,71-,72-,73-,74+,75+/m1/s1. The first-order valence-electron chi connectivity index (χ1n) is 30.1. The molecule has 95 heavy (non-hydrogen) atoms. The average molecular weight is 1280 g/mol. The molecule has 2 unspecified atom stereocenters. The Hall–Kier alpha value is -10.1. The number of carbonyl (C=O) groups excluding carboxylic acids is 6. The van der Waals surface area contributed by atoms with Crippen LogP contribution in [-0.2, 0) is 19.6 Å². The van der Waals surface area contributed by atoms with Gasteiger partial charge in [0.25, 0.3) is 0 Å². The van der Waals surface area contributed by atoms with Crippen molar-refractivity contribution in [2.75, 3.05) is 13.2 Å². The van der Waals surface area contributed by atoms with Crippen LogP contribution in [0, 0.1) is 0 Å². The fraction of sp³-hybridized carbons (Fsp3) is 0.200. The molecular formula is C75H63N3O17. The number of Topliss-reactive ketones (excluding diaryl/α,β-unsaturated/α-hetero) is 6. The van der Waals surface area contributed by atoms with Gasteiger partial charge in [-0.15, -0.1) is 0 Å². The highest BCUT2D eigenvalue weighted by Gasteiger charge is 2.91. The van der Waals surface area contributed by atoms with Gasteiger partial charge in [-0.1, -0.05) is 278 Å². The Morgan fingerprint density at radius 2 is 0.737 bits per heavy atom. The SMILES string of the molecule is [N-]=[N+]=NCCO[C@H]1O[C@H](C(O)C(c2ccccc2)(c2ccccc2)c2ccccc2)[C@](O)(C(=O)c2ccccc2)[C@@](O)([C@@H]2O[C@H](C(O)C(=O)c3ccccc3)[C@](O)(C(=O)c3ccccc3)[C@@](O)(C(=O)c3ccccc3)[C@@]2(O)C(=O)c2ccccc2)[C@@]1(O)C(=O)c1ccccc1. The number of benzene rings is 9. The first-order valence-corrected chi connectivity index (χ1v) is 30.1. The fourth-order valence-electron chi connectivity index (χ4n) is 13.7. The van der Waals surface area contributed by atoms with Crippen molar-refractivity contribution in [1.82, 2.24) is 0 Å². The lowest BCUT2D eigenvalue weighted by Gasteiger charge is -2.68. The summed E-state index contributed by atoms with van der Waals surface area (Å²) in [5.41, 5.74) is -24.3. The van der Waals surface area contributed by atoms with E-state index in [0.29, 0.717) is 0 Å². The molecule has 0 aromatic heterocycles. The van der Waals surface area contributed by atoms with Crippen LogP contribution in [0.1, 0.15) is 78.8 Å². The molecule has 2 aliphatic heterocycles. The predicted molar refractivity (Wildman–Crippen MR) is 343 cm³/mol. The first-order chi connectivity index (χ1) is 45.8. The summed E-state index contributed by atoms with van der Waals surface area (Å²) in [5.74, 6) is -11.1. The van der Waals surface area contributed by atoms with Gasteiger partial charge in [0.1, 0.15) is 30.5 Å². The van der Waals surface area contributed by atoms with E-state index in [1.807, 2.05) is 0 Å². The van der Waals surface area contributed by atoms with Crippen molar-refractivity contribution < 1.29 is 83.8 Å². The van der Waals surface area contributed by atoms with Crippen LogP contribution in [0.15, 0.2) is 278 Å². The minimum absolute atomic E-state index is 0.160. The highest BCUT2D eigenvalue weighted by atomic mass is 16.7. The van der Waals surface area contributed by atoms with E-state index < -0.39 is 157 Å². The Balaban J connectivity index is 1.38. The van der Waals surface area contributed by atoms with E-state index in [1.165, 1.54) is 121 Å². The number of rotatable bonds is 23. The van der Waals surface area contributed by atoms with Crippen LogP contribution < -0.4 is 0 Å². The molecule has 2 aliphatic rings. The fourth-order valence-corrected chi connectivity index (χ4v) is 13.7. The number of hydrogen-bond donors (Lipinski definition) is 8. The molecule has 9 aromatic rings. The summed E-state index contributed by atoms with van der Waals surface area (Å²) >= 11 is 0. The zero-order valence-electron chi connectivity index (χ0n) is 50.5. The van der Waals surface area contributed by atoms with E-state index in [9.17, 15) is 31.1 Å². The second-order valence-corrected chi connectivity index (χ2v) is 23.2. The molecule has 8 N–H and O–H groups in total. The minimum Gasteiger partial charge on any atom is -0.389 e. The molecule has 2 fully saturated rings. The number of aliphatic hydroxyl groups is 8. The molecular weight excluding hydrogens is 1210 g/mol. The third-order valence-corrected chi connectivity index (χ3v) is 18.2. The summed E-state index contributed by atoms with van der Waals surface area (Å²) in [4.78, 5) is 102. The maximum absolute atomic E-state index is 17.1. The number of carbonyl (C=O) groups is 6. The van der Waals surface area contributed by atoms with E-state index in [0.717, 1.165) is 60.7 Å². The minimum atomic E-state index is -4.96. The van der Waals surface area contributed by atoms with Crippen molar-refractivity contribution >= 4 is 34.7 Å². The molecule has 12 atom stereocenters. The maximum Gasteiger partial charge on any atom is 0.213 e. The van der Waals surface area contributed by atoms with E-state index in [-0.39, 0.29) is 16.7 Å². The lowest BCUT2D eigenvalue weighted by molar-refractivity contribution is -0.427. The molecule has 2 saturated heterocycles. The molecule has 9 aromatic carbocycles. The van der Waals surface area contributed by atoms with Gasteiger partial charge in [0, 0.05) is 44.8 Å². The van der Waals surface area contributed by atoms with Crippen molar-refractivity contribution in [1.29, 1.82) is 0 Å². The van der Waals surface area contributed by atoms with E-state index in [4.69, 9.17) is 14.2 Å². The molecule has 11 rings (SSSR count). The topological polar surface area (TPSA) is 341 Å². The van der Waals surface area contributed by atoms with Gasteiger partial charge < -0.3 is 55.1 Å². The van der Waals surface area contributed by atoms with Crippen molar-refractivity contribution in [2.45, 2.75) is 75.8 Å². The summed E-state index contributed by atoms with van der Waals surface area (Å²) in [7, 11) is 0. The Labute approximate surface area is 543 Å². The lowest BCUT2D eigenvalue weighted by atomic mass is 9.48. The molecule has 2 heterocycles. The number of ketones is 6. The highest BCUT2D eigenvalue weighted by Crippen LogP contribution is 2.61. The summed E-state index contributed by atoms with van der Waals surface area (Å²) in [6.07, 6.45) is -19.3. The first kappa shape index (κ1) is 66.3. The quantitative estimate of drug-likeness (QED) is 0.00780. The van der Waals surface area contributed by atoms with Crippen LogP contribution >= 0.6 is 0 Å². The Morgan fingerprint density at radius 1 is 0.421 bits per heavy atom. The molecule has 480 valence electrons. The van der Waals surface area contributed by atoms with E-state index >= 15 is 44.1 Å². The van der Waals surface area contributed by atoms with Crippen molar-refractivity contribution in [3.63, 3.8) is 0 Å². The summed E-state index contributed by atoms with van der Waals surface area (Å²) < 4.78 is 19.9. The number of ether oxygens (including phenoxy) is 3. The van der Waals surface area contributed by atoms with Gasteiger partial charge >= 0.3 is 0 Å². The molecule has 0 saturated carbocycles. The van der Waals surface area contributed by atoms with Crippen LogP contribution in [0.5, 0.6) is 0 Å². The van der Waals surface area contributed by atoms with E-state index in [2.05, 4.69) is 10.0 Å². The third kappa shape index (κ3) is 10.5. The van der Waals surface area contributed by atoms with Gasteiger partial charge in [0.15, 0.2) is 40.3 Å². The number of aliphatic hydroxyl groups excluding tert-OH is 2. The molecule has 20 heteroatoms. The van der Waals surface area contributed by atoms with Crippen molar-refractivity contribution in [2.24, 2.45) is 5.11 Å². The largest absolute Gasteiger partial charge is 0.389 e. The van der Waals surface area contributed by atoms with Crippen LogP contribution in [0.3, 0.4) is 0 Å². The molecule has 0 bridgehead atoms. The van der Waals surface area contributed by atoms with Gasteiger partial charge in [-0.2, -0.15) is 0 Å². The van der Waals surface area contributed by atoms with Crippen LogP contribution in [0.4, 0.5) is 0 Å². The Bertz CT molecular complexity index is 4200. The number of azide groups is 1. The maximum atomic E-state index is 17.1. The van der Waals surface area contributed by atoms with Gasteiger partial charge in [-0.3, -0.25) is 28.8 Å². The monoisotopic (exact) mass is 1280 g/mol. The van der Waals surface area contributed by atoms with Gasteiger partial charge in [-0.05, 0) is 22.2 Å². The van der Waals surface area contributed by atoms with Crippen LogP contribution in [0.25, 0.3) is 10.4 Å². The van der Waals surface area contributed by atoms with Crippen LogP contribution in [-0.4, -0.2) is 159 Å². The molecule has 20 nitrogen and oxygen atoms in total. The van der Waals surface area contributed by atoms with Crippen molar-refractivity contribution in [3.05, 3.63) is 334 Å². The predicted octanol–water partition coefficient (Wildman–Crippen LogP) is 7.25. The summed E-state index contributed by atoms with van der Waals surface area (Å²) in [5, 5.41) is 122. The van der Waals surface area contributed by atoms with Gasteiger partial charge in [0.2, 0.25) is 34.3 Å². The summed E-state index contributed by atoms with van der Waals surface area (Å²) in [6, 6.07) is 60.5. The highest BCUT2D eigenvalue weighted by molar-refractivity contribution is 6.20. The smallest absolute Gasteiger partial charge is 0.213 e. The zero-order chi connectivity index (χ0) is 67.4. The number of nitrogens with zero attached hydrogens (tertiary/aromatic N) is 3. The average Bonchev–Trinajstić information content (AvgIpc) is 0.648. The van der Waals surface area contributed by atoms with Gasteiger partial charge in [0.05, 0.1) is 12.0 Å². The summed E-state index contributed by atoms with van der Waals surface area (Å²) in [6.45, 7) is -1.63. The second kappa shape index (κ2) is 26.7. The zero-order valence-corrected chi connectivity index (χ0v) is 50.5. The van der Waals surface area contributed by atoms with Crippen LogP contribution in [0.2, 0.25) is 0 Å². The van der Waals surface area contributed by atoms with Gasteiger partial charge in [-0.25, -0.2) is 0 Å². The Morgan fingerprint density at radius 3 is 1.11 bits per heavy atom. The normalized spacial score (nSPS) is 26.4. The van der Waals surface area contributed by atoms with E-state index in [1.54, 1.807) is 91.0 Å². The van der Waals surface area contributed by atoms with Crippen molar-refractivity contribution in [3.8, 4) is 0 Å².